The molecule has 2 amide bonds. The van der Waals surface area contributed by atoms with Crippen LogP contribution in [-0.4, -0.2) is 42.4 Å². The van der Waals surface area contributed by atoms with Crippen molar-refractivity contribution in [3.05, 3.63) is 29.8 Å². The fourth-order valence-corrected chi connectivity index (χ4v) is 2.31. The maximum Gasteiger partial charge on any atom is 0.243 e. The molecule has 1 saturated heterocycles. The zero-order chi connectivity index (χ0) is 14.5. The van der Waals surface area contributed by atoms with Crippen molar-refractivity contribution in [2.75, 3.05) is 25.0 Å². The van der Waals surface area contributed by atoms with Crippen molar-refractivity contribution in [1.82, 2.24) is 10.2 Å². The van der Waals surface area contributed by atoms with E-state index in [4.69, 9.17) is 0 Å². The Hall–Kier alpha value is -1.88. The molecule has 1 aromatic rings. The minimum absolute atomic E-state index is 0.0121. The van der Waals surface area contributed by atoms with Crippen molar-refractivity contribution in [3.8, 4) is 0 Å². The monoisotopic (exact) mass is 275 g/mol. The fourth-order valence-electron chi connectivity index (χ4n) is 2.31. The summed E-state index contributed by atoms with van der Waals surface area (Å²) in [5.41, 5.74) is 1.86. The summed E-state index contributed by atoms with van der Waals surface area (Å²) >= 11 is 0. The SMILES string of the molecule is Cc1cccc(NC(=O)CN2CCCNC(C)C2=O)c1. The van der Waals surface area contributed by atoms with Gasteiger partial charge in [-0.1, -0.05) is 12.1 Å². The molecule has 0 bridgehead atoms. The van der Waals surface area contributed by atoms with Crippen LogP contribution in [0.1, 0.15) is 18.9 Å². The average molecular weight is 275 g/mol. The van der Waals surface area contributed by atoms with Crippen molar-refractivity contribution >= 4 is 17.5 Å². The molecule has 0 aliphatic carbocycles. The van der Waals surface area contributed by atoms with Crippen molar-refractivity contribution in [2.24, 2.45) is 0 Å². The summed E-state index contributed by atoms with van der Waals surface area (Å²) < 4.78 is 0. The maximum atomic E-state index is 12.1. The van der Waals surface area contributed by atoms with Crippen molar-refractivity contribution in [1.29, 1.82) is 0 Å². The molecule has 2 rings (SSSR count). The van der Waals surface area contributed by atoms with Crippen LogP contribution in [-0.2, 0) is 9.59 Å². The number of nitrogens with one attached hydrogen (secondary N) is 2. The van der Waals surface area contributed by atoms with E-state index >= 15 is 0 Å². The van der Waals surface area contributed by atoms with Gasteiger partial charge in [0.15, 0.2) is 0 Å². The van der Waals surface area contributed by atoms with E-state index in [1.807, 2.05) is 38.1 Å². The summed E-state index contributed by atoms with van der Waals surface area (Å²) in [6, 6.07) is 7.41. The number of carbonyl (C=O) groups excluding carboxylic acids is 2. The number of aryl methyl sites for hydroxylation is 1. The van der Waals surface area contributed by atoms with E-state index in [9.17, 15) is 9.59 Å². The van der Waals surface area contributed by atoms with Crippen LogP contribution in [0.2, 0.25) is 0 Å². The Balaban J connectivity index is 1.95. The Morgan fingerprint density at radius 3 is 3.05 bits per heavy atom. The van der Waals surface area contributed by atoms with Gasteiger partial charge in [-0.05, 0) is 44.5 Å². The van der Waals surface area contributed by atoms with Gasteiger partial charge in [0.05, 0.1) is 12.6 Å². The molecule has 1 heterocycles. The van der Waals surface area contributed by atoms with Crippen LogP contribution in [0.25, 0.3) is 0 Å². The molecule has 1 fully saturated rings. The van der Waals surface area contributed by atoms with Crippen LogP contribution in [0, 0.1) is 6.92 Å². The van der Waals surface area contributed by atoms with E-state index in [2.05, 4.69) is 10.6 Å². The highest BCUT2D eigenvalue weighted by atomic mass is 16.2. The van der Waals surface area contributed by atoms with Gasteiger partial charge in [0.1, 0.15) is 0 Å². The molecule has 20 heavy (non-hydrogen) atoms. The van der Waals surface area contributed by atoms with E-state index in [1.54, 1.807) is 4.90 Å². The topological polar surface area (TPSA) is 61.4 Å². The van der Waals surface area contributed by atoms with Crippen molar-refractivity contribution in [2.45, 2.75) is 26.3 Å². The van der Waals surface area contributed by atoms with Gasteiger partial charge in [0.25, 0.3) is 0 Å². The van der Waals surface area contributed by atoms with Gasteiger partial charge in [-0.25, -0.2) is 0 Å². The highest BCUT2D eigenvalue weighted by Crippen LogP contribution is 2.10. The highest BCUT2D eigenvalue weighted by Gasteiger charge is 2.24. The van der Waals surface area contributed by atoms with Gasteiger partial charge in [-0.15, -0.1) is 0 Å². The van der Waals surface area contributed by atoms with E-state index in [0.29, 0.717) is 6.54 Å². The van der Waals surface area contributed by atoms with Gasteiger partial charge in [-0.2, -0.15) is 0 Å². The first kappa shape index (κ1) is 14.5. The number of rotatable bonds is 3. The summed E-state index contributed by atoms with van der Waals surface area (Å²) in [7, 11) is 0. The lowest BCUT2D eigenvalue weighted by molar-refractivity contribution is -0.135. The van der Waals surface area contributed by atoms with Gasteiger partial charge in [-0.3, -0.25) is 9.59 Å². The number of benzene rings is 1. The maximum absolute atomic E-state index is 12.1. The van der Waals surface area contributed by atoms with Gasteiger partial charge < -0.3 is 15.5 Å². The third-order valence-electron chi connectivity index (χ3n) is 3.37. The number of hydrogen-bond donors (Lipinski definition) is 2. The number of anilines is 1. The number of nitrogens with zero attached hydrogens (tertiary/aromatic N) is 1. The third-order valence-corrected chi connectivity index (χ3v) is 3.37. The molecule has 5 heteroatoms. The number of hydrogen-bond acceptors (Lipinski definition) is 3. The van der Waals surface area contributed by atoms with Gasteiger partial charge >= 0.3 is 0 Å². The molecule has 1 aliphatic heterocycles. The first-order chi connectivity index (χ1) is 9.56. The zero-order valence-electron chi connectivity index (χ0n) is 12.0. The first-order valence-electron chi connectivity index (χ1n) is 6.95. The molecule has 0 aromatic heterocycles. The summed E-state index contributed by atoms with van der Waals surface area (Å²) in [6.45, 7) is 5.35. The zero-order valence-corrected chi connectivity index (χ0v) is 12.0. The molecule has 108 valence electrons. The molecular formula is C15H21N3O2. The van der Waals surface area contributed by atoms with Crippen LogP contribution in [0.4, 0.5) is 5.69 Å². The molecular weight excluding hydrogens is 254 g/mol. The molecule has 0 radical (unpaired) electrons. The van der Waals surface area contributed by atoms with Crippen molar-refractivity contribution < 1.29 is 9.59 Å². The Morgan fingerprint density at radius 1 is 1.50 bits per heavy atom. The molecule has 0 spiro atoms. The molecule has 1 atom stereocenters. The second-order valence-corrected chi connectivity index (χ2v) is 5.21. The summed E-state index contributed by atoms with van der Waals surface area (Å²) in [5.74, 6) is -0.167. The van der Waals surface area contributed by atoms with Crippen LogP contribution < -0.4 is 10.6 Å². The standard InChI is InChI=1S/C15H21N3O2/c1-11-5-3-6-13(9-11)17-14(19)10-18-8-4-7-16-12(2)15(18)20/h3,5-6,9,12,16H,4,7-8,10H2,1-2H3,(H,17,19). The minimum atomic E-state index is -0.218. The predicted octanol–water partition coefficient (Wildman–Crippen LogP) is 1.14. The molecule has 1 aromatic carbocycles. The Labute approximate surface area is 119 Å². The van der Waals surface area contributed by atoms with E-state index in [0.717, 1.165) is 24.2 Å². The number of amides is 2. The highest BCUT2D eigenvalue weighted by molar-refractivity contribution is 5.95. The minimum Gasteiger partial charge on any atom is -0.332 e. The number of carbonyl (C=O) groups is 2. The third kappa shape index (κ3) is 3.81. The first-order valence-corrected chi connectivity index (χ1v) is 6.95. The van der Waals surface area contributed by atoms with Crippen molar-refractivity contribution in [3.63, 3.8) is 0 Å². The van der Waals surface area contributed by atoms with E-state index in [-0.39, 0.29) is 24.4 Å². The fraction of sp³-hybridized carbons (Fsp3) is 0.467. The smallest absolute Gasteiger partial charge is 0.243 e. The summed E-state index contributed by atoms with van der Waals surface area (Å²) in [5, 5.41) is 5.96. The molecule has 1 unspecified atom stereocenters. The summed E-state index contributed by atoms with van der Waals surface area (Å²) in [4.78, 5) is 25.7. The molecule has 0 saturated carbocycles. The van der Waals surface area contributed by atoms with Crippen LogP contribution >= 0.6 is 0 Å². The lowest BCUT2D eigenvalue weighted by atomic mass is 10.2. The lowest BCUT2D eigenvalue weighted by Crippen LogP contribution is -2.44. The Kier molecular flexibility index (Phi) is 4.74. The molecule has 1 aliphatic rings. The van der Waals surface area contributed by atoms with Gasteiger partial charge in [0.2, 0.25) is 11.8 Å². The lowest BCUT2D eigenvalue weighted by Gasteiger charge is -2.22. The normalized spacial score (nSPS) is 19.6. The van der Waals surface area contributed by atoms with E-state index < -0.39 is 0 Å². The Morgan fingerprint density at radius 2 is 2.30 bits per heavy atom. The van der Waals surface area contributed by atoms with Gasteiger partial charge in [0, 0.05) is 12.2 Å². The average Bonchev–Trinajstić information content (AvgIpc) is 2.54. The van der Waals surface area contributed by atoms with Crippen LogP contribution in [0.3, 0.4) is 0 Å². The predicted molar refractivity (Wildman–Crippen MR) is 78.5 cm³/mol. The Bertz CT molecular complexity index is 502. The largest absolute Gasteiger partial charge is 0.332 e. The summed E-state index contributed by atoms with van der Waals surface area (Å²) in [6.07, 6.45) is 0.869. The van der Waals surface area contributed by atoms with Crippen LogP contribution in [0.15, 0.2) is 24.3 Å². The molecule has 2 N–H and O–H groups in total. The van der Waals surface area contributed by atoms with E-state index in [1.165, 1.54) is 0 Å². The second-order valence-electron chi connectivity index (χ2n) is 5.21. The van der Waals surface area contributed by atoms with Crippen LogP contribution in [0.5, 0.6) is 0 Å². The quantitative estimate of drug-likeness (QED) is 0.869. The second kappa shape index (κ2) is 6.52. The molecule has 5 nitrogen and oxygen atoms in total.